The van der Waals surface area contributed by atoms with Crippen LogP contribution in [0.25, 0.3) is 0 Å². The number of hydrogen-bond acceptors (Lipinski definition) is 2. The Bertz CT molecular complexity index is 442. The zero-order chi connectivity index (χ0) is 12.4. The Balaban J connectivity index is 0.00000162. The molecule has 1 atom stereocenters. The minimum Gasteiger partial charge on any atom is -0.333 e. The third-order valence-electron chi connectivity index (χ3n) is 2.97. The number of amides is 1. The second-order valence-electron chi connectivity index (χ2n) is 4.10. The van der Waals surface area contributed by atoms with Crippen molar-refractivity contribution in [2.45, 2.75) is 13.0 Å². The lowest BCUT2D eigenvalue weighted by molar-refractivity contribution is -0.132. The fraction of sp³-hybridized carbons (Fsp3) is 0.417. The molecule has 100 valence electrons. The molecule has 1 N–H and O–H groups in total. The molecule has 1 aliphatic rings. The van der Waals surface area contributed by atoms with Crippen molar-refractivity contribution in [3.05, 3.63) is 35.4 Å². The van der Waals surface area contributed by atoms with Crippen LogP contribution in [0.3, 0.4) is 0 Å². The molecule has 0 saturated carbocycles. The first-order valence-electron chi connectivity index (χ1n) is 5.52. The van der Waals surface area contributed by atoms with Crippen LogP contribution in [-0.2, 0) is 4.79 Å². The van der Waals surface area contributed by atoms with Crippen molar-refractivity contribution in [1.82, 2.24) is 10.2 Å². The van der Waals surface area contributed by atoms with E-state index in [9.17, 15) is 13.6 Å². The van der Waals surface area contributed by atoms with Gasteiger partial charge in [-0.3, -0.25) is 4.79 Å². The first-order chi connectivity index (χ1) is 8.09. The molecule has 0 aromatic heterocycles. The van der Waals surface area contributed by atoms with Crippen molar-refractivity contribution in [2.75, 3.05) is 19.6 Å². The molecule has 1 unspecified atom stereocenters. The topological polar surface area (TPSA) is 32.3 Å². The molecule has 18 heavy (non-hydrogen) atoms. The quantitative estimate of drug-likeness (QED) is 0.849. The zero-order valence-corrected chi connectivity index (χ0v) is 10.8. The number of halogens is 3. The predicted octanol–water partition coefficient (Wildman–Crippen LogP) is 1.88. The summed E-state index contributed by atoms with van der Waals surface area (Å²) in [6, 6.07) is 3.10. The van der Waals surface area contributed by atoms with Crippen LogP contribution < -0.4 is 5.32 Å². The molecule has 1 amide bonds. The van der Waals surface area contributed by atoms with Crippen molar-refractivity contribution in [1.29, 1.82) is 0 Å². The highest BCUT2D eigenvalue weighted by atomic mass is 35.5. The van der Waals surface area contributed by atoms with Gasteiger partial charge in [0.25, 0.3) is 0 Å². The van der Waals surface area contributed by atoms with Crippen molar-refractivity contribution in [2.24, 2.45) is 0 Å². The second-order valence-corrected chi connectivity index (χ2v) is 4.10. The Hall–Kier alpha value is -1.20. The van der Waals surface area contributed by atoms with Crippen LogP contribution in [0.4, 0.5) is 8.78 Å². The first-order valence-corrected chi connectivity index (χ1v) is 5.52. The molecule has 0 radical (unpaired) electrons. The predicted molar refractivity (Wildman–Crippen MR) is 66.6 cm³/mol. The van der Waals surface area contributed by atoms with Gasteiger partial charge >= 0.3 is 0 Å². The summed E-state index contributed by atoms with van der Waals surface area (Å²) in [5.74, 6) is -1.31. The molecular weight excluding hydrogens is 262 g/mol. The van der Waals surface area contributed by atoms with Gasteiger partial charge in [-0.05, 0) is 6.07 Å². The first kappa shape index (κ1) is 14.9. The SMILES string of the molecule is CC(=O)N1CCNCC1c1ccc(F)cc1F.Cl. The summed E-state index contributed by atoms with van der Waals surface area (Å²) in [6.07, 6.45) is 0. The zero-order valence-electron chi connectivity index (χ0n) is 9.95. The number of carbonyl (C=O) groups is 1. The van der Waals surface area contributed by atoms with Crippen LogP contribution in [0.5, 0.6) is 0 Å². The van der Waals surface area contributed by atoms with Gasteiger partial charge in [0.1, 0.15) is 11.6 Å². The maximum atomic E-state index is 13.7. The van der Waals surface area contributed by atoms with Gasteiger partial charge < -0.3 is 10.2 Å². The fourth-order valence-corrected chi connectivity index (χ4v) is 2.13. The molecular formula is C12H15ClF2N2O. The van der Waals surface area contributed by atoms with Crippen LogP contribution >= 0.6 is 12.4 Å². The standard InChI is InChI=1S/C12H14F2N2O.ClH/c1-8(17)16-5-4-15-7-12(16)10-3-2-9(13)6-11(10)14;/h2-3,6,12,15H,4-5,7H2,1H3;1H. The van der Waals surface area contributed by atoms with Gasteiger partial charge in [0.2, 0.25) is 5.91 Å². The van der Waals surface area contributed by atoms with E-state index in [2.05, 4.69) is 5.32 Å². The van der Waals surface area contributed by atoms with Crippen LogP contribution in [0, 0.1) is 11.6 Å². The molecule has 1 aromatic rings. The molecule has 1 fully saturated rings. The van der Waals surface area contributed by atoms with Gasteiger partial charge in [0, 0.05) is 38.2 Å². The summed E-state index contributed by atoms with van der Waals surface area (Å²) < 4.78 is 26.5. The lowest BCUT2D eigenvalue weighted by Gasteiger charge is -2.36. The van der Waals surface area contributed by atoms with Gasteiger partial charge in [0.05, 0.1) is 6.04 Å². The molecule has 1 saturated heterocycles. The molecule has 1 aliphatic heterocycles. The van der Waals surface area contributed by atoms with Crippen molar-refractivity contribution >= 4 is 18.3 Å². The minimum absolute atomic E-state index is 0. The summed E-state index contributed by atoms with van der Waals surface area (Å²) in [7, 11) is 0. The van der Waals surface area contributed by atoms with E-state index < -0.39 is 11.6 Å². The minimum atomic E-state index is -0.607. The Labute approximate surface area is 111 Å². The van der Waals surface area contributed by atoms with Crippen molar-refractivity contribution in [3.8, 4) is 0 Å². The molecule has 2 rings (SSSR count). The fourth-order valence-electron chi connectivity index (χ4n) is 2.13. The summed E-state index contributed by atoms with van der Waals surface area (Å²) in [4.78, 5) is 13.1. The average molecular weight is 277 g/mol. The van der Waals surface area contributed by atoms with Gasteiger partial charge in [-0.1, -0.05) is 6.07 Å². The number of nitrogens with zero attached hydrogens (tertiary/aromatic N) is 1. The number of hydrogen-bond donors (Lipinski definition) is 1. The summed E-state index contributed by atoms with van der Waals surface area (Å²) >= 11 is 0. The molecule has 1 aromatic carbocycles. The van der Waals surface area contributed by atoms with E-state index in [4.69, 9.17) is 0 Å². The third-order valence-corrected chi connectivity index (χ3v) is 2.97. The summed E-state index contributed by atoms with van der Waals surface area (Å²) in [5.41, 5.74) is 0.355. The Morgan fingerprint density at radius 3 is 2.78 bits per heavy atom. The number of nitrogens with one attached hydrogen (secondary N) is 1. The van der Waals surface area contributed by atoms with E-state index in [1.54, 1.807) is 4.90 Å². The molecule has 0 bridgehead atoms. The number of piperazine rings is 1. The van der Waals surface area contributed by atoms with E-state index in [-0.39, 0.29) is 24.4 Å². The molecule has 0 aliphatic carbocycles. The largest absolute Gasteiger partial charge is 0.333 e. The van der Waals surface area contributed by atoms with Crippen LogP contribution in [-0.4, -0.2) is 30.4 Å². The smallest absolute Gasteiger partial charge is 0.220 e. The van der Waals surface area contributed by atoms with Crippen LogP contribution in [0.1, 0.15) is 18.5 Å². The Morgan fingerprint density at radius 2 is 2.17 bits per heavy atom. The normalized spacial score (nSPS) is 19.3. The maximum absolute atomic E-state index is 13.7. The average Bonchev–Trinajstić information content (AvgIpc) is 2.29. The van der Waals surface area contributed by atoms with Gasteiger partial charge in [-0.25, -0.2) is 8.78 Å². The molecule has 0 spiro atoms. The summed E-state index contributed by atoms with van der Waals surface area (Å²) in [5, 5.41) is 3.11. The van der Waals surface area contributed by atoms with Gasteiger partial charge in [-0.15, -0.1) is 12.4 Å². The Kier molecular flexibility index (Phi) is 5.04. The second kappa shape index (κ2) is 6.11. The third kappa shape index (κ3) is 2.97. The number of carbonyl (C=O) groups excluding carboxylic acids is 1. The van der Waals surface area contributed by atoms with Crippen LogP contribution in [0.2, 0.25) is 0 Å². The molecule has 1 heterocycles. The highest BCUT2D eigenvalue weighted by molar-refractivity contribution is 5.85. The lowest BCUT2D eigenvalue weighted by atomic mass is 10.0. The number of rotatable bonds is 1. The van der Waals surface area contributed by atoms with Crippen molar-refractivity contribution in [3.63, 3.8) is 0 Å². The lowest BCUT2D eigenvalue weighted by Crippen LogP contribution is -2.48. The van der Waals surface area contributed by atoms with E-state index in [0.29, 0.717) is 25.2 Å². The van der Waals surface area contributed by atoms with Gasteiger partial charge in [0.15, 0.2) is 0 Å². The van der Waals surface area contributed by atoms with Crippen molar-refractivity contribution < 1.29 is 13.6 Å². The maximum Gasteiger partial charge on any atom is 0.220 e. The Morgan fingerprint density at radius 1 is 1.44 bits per heavy atom. The molecule has 6 heteroatoms. The number of benzene rings is 1. The highest BCUT2D eigenvalue weighted by Gasteiger charge is 2.27. The van der Waals surface area contributed by atoms with E-state index in [1.807, 2.05) is 0 Å². The van der Waals surface area contributed by atoms with E-state index >= 15 is 0 Å². The van der Waals surface area contributed by atoms with E-state index in [1.165, 1.54) is 19.1 Å². The van der Waals surface area contributed by atoms with Crippen LogP contribution in [0.15, 0.2) is 18.2 Å². The summed E-state index contributed by atoms with van der Waals surface area (Å²) in [6.45, 7) is 3.18. The highest BCUT2D eigenvalue weighted by Crippen LogP contribution is 2.25. The monoisotopic (exact) mass is 276 g/mol. The molecule has 3 nitrogen and oxygen atoms in total. The van der Waals surface area contributed by atoms with Gasteiger partial charge in [-0.2, -0.15) is 0 Å². The van der Waals surface area contributed by atoms with E-state index in [0.717, 1.165) is 6.07 Å².